The topological polar surface area (TPSA) is 119 Å². The second-order valence-corrected chi connectivity index (χ2v) is 9.78. The molecule has 3 N–H and O–H groups in total. The molecular formula is C28H32N6O3S. The molecule has 0 aliphatic rings. The van der Waals surface area contributed by atoms with Crippen LogP contribution in [0.5, 0.6) is 0 Å². The maximum absolute atomic E-state index is 12.9. The monoisotopic (exact) mass is 532 g/mol. The lowest BCUT2D eigenvalue weighted by Gasteiger charge is -2.17. The van der Waals surface area contributed by atoms with Gasteiger partial charge in [-0.25, -0.2) is 0 Å². The van der Waals surface area contributed by atoms with Crippen LogP contribution in [0.4, 0.5) is 11.4 Å². The highest BCUT2D eigenvalue weighted by Gasteiger charge is 2.14. The fourth-order valence-corrected chi connectivity index (χ4v) is 4.98. The standard InChI is InChI=1S/C28H32N6O3S/c1-5-30-26(36)23(15-29)28-34(6-2)27(37)24(38-28)16-31-21-11-8-12-22(14-21)32-25(35)18-33(4)17-20-10-7-9-19(3)13-20/h7-14,16,31H,5-6,17-18H2,1-4H3,(H,30,36)(H,32,35)/b24-16+,28-23-. The second kappa shape index (κ2) is 13.4. The Morgan fingerprint density at radius 1 is 1.13 bits per heavy atom. The SMILES string of the molecule is CCNC(=O)/C(C#N)=c1\s/c(=C/Nc2cccc(NC(=O)CN(C)Cc3cccc(C)c3)c2)c(=O)n1CC. The Hall–Kier alpha value is -4.20. The van der Waals surface area contributed by atoms with Crippen molar-refractivity contribution in [3.63, 3.8) is 0 Å². The van der Waals surface area contributed by atoms with Crippen LogP contribution in [0.15, 0.2) is 53.3 Å². The second-order valence-electron chi connectivity index (χ2n) is 8.75. The Labute approximate surface area is 225 Å². The minimum atomic E-state index is -0.508. The molecule has 198 valence electrons. The molecule has 0 saturated carbocycles. The van der Waals surface area contributed by atoms with Crippen molar-refractivity contribution >= 4 is 46.3 Å². The number of likely N-dealkylation sites (N-methyl/N-ethyl adjacent to an activating group) is 1. The van der Waals surface area contributed by atoms with Gasteiger partial charge in [-0.1, -0.05) is 35.9 Å². The number of hydrogen-bond acceptors (Lipinski definition) is 7. The lowest BCUT2D eigenvalue weighted by molar-refractivity contribution is -0.117. The molecule has 10 heteroatoms. The lowest BCUT2D eigenvalue weighted by atomic mass is 10.1. The largest absolute Gasteiger partial charge is 0.360 e. The van der Waals surface area contributed by atoms with Crippen LogP contribution in [0.3, 0.4) is 0 Å². The van der Waals surface area contributed by atoms with E-state index in [0.717, 1.165) is 16.9 Å². The van der Waals surface area contributed by atoms with Crippen molar-refractivity contribution < 1.29 is 9.59 Å². The number of rotatable bonds is 10. The van der Waals surface area contributed by atoms with E-state index in [2.05, 4.69) is 22.0 Å². The zero-order valence-electron chi connectivity index (χ0n) is 22.0. The van der Waals surface area contributed by atoms with Gasteiger partial charge < -0.3 is 16.0 Å². The number of nitriles is 1. The highest BCUT2D eigenvalue weighted by Crippen LogP contribution is 2.15. The van der Waals surface area contributed by atoms with Crippen molar-refractivity contribution in [3.8, 4) is 6.07 Å². The highest BCUT2D eigenvalue weighted by atomic mass is 32.1. The first-order valence-electron chi connectivity index (χ1n) is 12.3. The first-order valence-corrected chi connectivity index (χ1v) is 13.1. The van der Waals surface area contributed by atoms with Crippen LogP contribution >= 0.6 is 11.3 Å². The number of aryl methyl sites for hydroxylation is 1. The molecule has 9 nitrogen and oxygen atoms in total. The third-order valence-electron chi connectivity index (χ3n) is 5.58. The van der Waals surface area contributed by atoms with Gasteiger partial charge in [-0.05, 0) is 51.6 Å². The first kappa shape index (κ1) is 28.4. The minimum Gasteiger partial charge on any atom is -0.360 e. The van der Waals surface area contributed by atoms with Gasteiger partial charge in [-0.15, -0.1) is 11.3 Å². The van der Waals surface area contributed by atoms with Crippen molar-refractivity contribution in [2.75, 3.05) is 30.8 Å². The third kappa shape index (κ3) is 7.41. The summed E-state index contributed by atoms with van der Waals surface area (Å²) in [5.41, 5.74) is 3.23. The van der Waals surface area contributed by atoms with Gasteiger partial charge in [0.25, 0.3) is 11.5 Å². The Bertz CT molecular complexity index is 1530. The van der Waals surface area contributed by atoms with E-state index in [4.69, 9.17) is 0 Å². The van der Waals surface area contributed by atoms with E-state index in [1.54, 1.807) is 38.2 Å². The van der Waals surface area contributed by atoms with E-state index in [9.17, 15) is 19.6 Å². The fourth-order valence-electron chi connectivity index (χ4n) is 3.90. The lowest BCUT2D eigenvalue weighted by Crippen LogP contribution is -2.34. The Kier molecular flexibility index (Phi) is 9.99. The molecule has 0 spiro atoms. The first-order chi connectivity index (χ1) is 18.2. The summed E-state index contributed by atoms with van der Waals surface area (Å²) < 4.78 is 2.08. The van der Waals surface area contributed by atoms with E-state index in [1.165, 1.54) is 10.1 Å². The number of aromatic nitrogens is 1. The summed E-state index contributed by atoms with van der Waals surface area (Å²) in [6.07, 6.45) is 1.55. The highest BCUT2D eigenvalue weighted by molar-refractivity contribution is 7.07. The molecule has 0 aliphatic carbocycles. The molecule has 0 atom stereocenters. The molecule has 1 heterocycles. The Morgan fingerprint density at radius 2 is 1.87 bits per heavy atom. The molecule has 1 aromatic heterocycles. The van der Waals surface area contributed by atoms with Gasteiger partial charge in [0, 0.05) is 37.2 Å². The van der Waals surface area contributed by atoms with E-state index >= 15 is 0 Å². The zero-order chi connectivity index (χ0) is 27.7. The van der Waals surface area contributed by atoms with Gasteiger partial charge in [0.05, 0.1) is 6.54 Å². The van der Waals surface area contributed by atoms with E-state index < -0.39 is 5.91 Å². The van der Waals surface area contributed by atoms with Gasteiger partial charge in [0.2, 0.25) is 5.91 Å². The summed E-state index contributed by atoms with van der Waals surface area (Å²) in [6.45, 7) is 7.18. The van der Waals surface area contributed by atoms with Gasteiger partial charge in [-0.2, -0.15) is 5.26 Å². The maximum atomic E-state index is 12.9. The molecule has 38 heavy (non-hydrogen) atoms. The van der Waals surface area contributed by atoms with Gasteiger partial charge in [0.1, 0.15) is 15.3 Å². The molecule has 0 bridgehead atoms. The van der Waals surface area contributed by atoms with Gasteiger partial charge >= 0.3 is 0 Å². The van der Waals surface area contributed by atoms with Crippen molar-refractivity contribution in [1.82, 2.24) is 14.8 Å². The summed E-state index contributed by atoms with van der Waals surface area (Å²) in [4.78, 5) is 39.7. The van der Waals surface area contributed by atoms with Crippen LogP contribution in [0.2, 0.25) is 0 Å². The van der Waals surface area contributed by atoms with Crippen molar-refractivity contribution in [2.24, 2.45) is 0 Å². The number of carbonyl (C=O) groups is 2. The molecule has 2 amide bonds. The number of amides is 2. The molecule has 3 rings (SSSR count). The quantitative estimate of drug-likeness (QED) is 0.367. The molecule has 3 aromatic rings. The van der Waals surface area contributed by atoms with E-state index in [1.807, 2.05) is 49.2 Å². The molecular weight excluding hydrogens is 500 g/mol. The van der Waals surface area contributed by atoms with Crippen LogP contribution in [-0.2, 0) is 22.7 Å². The van der Waals surface area contributed by atoms with Gasteiger partial charge in [0.15, 0.2) is 5.57 Å². The van der Waals surface area contributed by atoms with Crippen molar-refractivity contribution in [3.05, 3.63) is 79.2 Å². The van der Waals surface area contributed by atoms with Crippen molar-refractivity contribution in [2.45, 2.75) is 33.9 Å². The summed E-state index contributed by atoms with van der Waals surface area (Å²) in [7, 11) is 1.90. The molecule has 0 radical (unpaired) electrons. The maximum Gasteiger partial charge on any atom is 0.270 e. The predicted molar refractivity (Wildman–Crippen MR) is 152 cm³/mol. The fraction of sp³-hybridized carbons (Fsp3) is 0.286. The summed E-state index contributed by atoms with van der Waals surface area (Å²) >= 11 is 1.08. The number of anilines is 2. The average Bonchev–Trinajstić information content (AvgIpc) is 3.18. The van der Waals surface area contributed by atoms with E-state index in [-0.39, 0.29) is 23.6 Å². The summed E-state index contributed by atoms with van der Waals surface area (Å²) in [5.74, 6) is -0.647. The minimum absolute atomic E-state index is 0.0903. The number of benzene rings is 2. The number of thiazole rings is 1. The van der Waals surface area contributed by atoms with Gasteiger partial charge in [-0.3, -0.25) is 23.9 Å². The number of nitrogens with zero attached hydrogens (tertiary/aromatic N) is 3. The Morgan fingerprint density at radius 3 is 2.55 bits per heavy atom. The number of hydrogen-bond donors (Lipinski definition) is 3. The van der Waals surface area contributed by atoms with Crippen molar-refractivity contribution in [1.29, 1.82) is 5.26 Å². The molecule has 0 fully saturated rings. The van der Waals surface area contributed by atoms with Crippen LogP contribution < -0.4 is 30.7 Å². The van der Waals surface area contributed by atoms with Crippen LogP contribution in [0, 0.1) is 18.3 Å². The Balaban J connectivity index is 1.74. The molecule has 0 unspecified atom stereocenters. The summed E-state index contributed by atoms with van der Waals surface area (Å²) in [5, 5.41) is 18.1. The average molecular weight is 533 g/mol. The van der Waals surface area contributed by atoms with Crippen LogP contribution in [0.25, 0.3) is 11.8 Å². The van der Waals surface area contributed by atoms with Crippen LogP contribution in [-0.4, -0.2) is 41.4 Å². The molecule has 0 saturated heterocycles. The zero-order valence-corrected chi connectivity index (χ0v) is 22.8. The number of nitrogens with one attached hydrogen (secondary N) is 3. The van der Waals surface area contributed by atoms with Crippen LogP contribution in [0.1, 0.15) is 25.0 Å². The summed E-state index contributed by atoms with van der Waals surface area (Å²) in [6, 6.07) is 17.3. The normalized spacial score (nSPS) is 12.2. The predicted octanol–water partition coefficient (Wildman–Crippen LogP) is 1.97. The number of carbonyl (C=O) groups excluding carboxylic acids is 2. The smallest absolute Gasteiger partial charge is 0.270 e. The molecule has 0 aliphatic heterocycles. The third-order valence-corrected chi connectivity index (χ3v) is 6.71. The van der Waals surface area contributed by atoms with E-state index in [0.29, 0.717) is 40.2 Å². The molecule has 2 aromatic carbocycles.